The number of rotatable bonds is 10. The molecule has 0 saturated carbocycles. The van der Waals surface area contributed by atoms with E-state index >= 15 is 0 Å². The Morgan fingerprint density at radius 2 is 0.505 bits per heavy atom. The van der Waals surface area contributed by atoms with E-state index < -0.39 is 0 Å². The van der Waals surface area contributed by atoms with E-state index in [9.17, 15) is 0 Å². The van der Waals surface area contributed by atoms with Crippen molar-refractivity contribution < 1.29 is 0 Å². The molecular weight excluding hydrogens is 1410 g/mol. The van der Waals surface area contributed by atoms with Crippen LogP contribution in [0.2, 0.25) is 0 Å². The predicted molar refractivity (Wildman–Crippen MR) is 467 cm³/mol. The third kappa shape index (κ3) is 12.7. The number of para-hydroxylation sites is 2. The quantitative estimate of drug-likeness (QED) is 0.133. The lowest BCUT2D eigenvalue weighted by atomic mass is 9.96. The van der Waals surface area contributed by atoms with E-state index in [1.807, 2.05) is 131 Å². The van der Waals surface area contributed by atoms with Gasteiger partial charge in [0, 0.05) is 106 Å². The molecule has 111 heavy (non-hydrogen) atoms. The van der Waals surface area contributed by atoms with Crippen molar-refractivity contribution in [3.63, 3.8) is 0 Å². The van der Waals surface area contributed by atoms with E-state index in [2.05, 4.69) is 271 Å². The highest BCUT2D eigenvalue weighted by atomic mass is 32.1. The van der Waals surface area contributed by atoms with Crippen LogP contribution in [-0.2, 0) is 0 Å². The molecule has 8 aromatic heterocycles. The summed E-state index contributed by atoms with van der Waals surface area (Å²) < 4.78 is 7.89. The highest BCUT2D eigenvalue weighted by molar-refractivity contribution is 7.27. The maximum absolute atomic E-state index is 5.08. The predicted octanol–water partition coefficient (Wildman–Crippen LogP) is 27.5. The summed E-state index contributed by atoms with van der Waals surface area (Å²) >= 11 is 5.57. The molecular formula is C100H62N8S3. The Balaban J connectivity index is 0.000000109. The molecule has 8 nitrogen and oxygen atoms in total. The van der Waals surface area contributed by atoms with Crippen LogP contribution < -0.4 is 0 Å². The first-order valence-corrected chi connectivity index (χ1v) is 39.3. The summed E-state index contributed by atoms with van der Waals surface area (Å²) in [7, 11) is 0. The SMILES string of the molecule is c1ccc(-c2nc3ccccc3nc2-c2ccc(-c3cccc4c3sc3cccc(-c5ccccc5)c34)cc2)cc1.c1ccc(-c2nc3cnccc3nc2-c2ccc(-c3cccc4sc5ccccc5c34)cc2)cc1.c1ccc(-c2nc3ncccc3nc2-c2ccc(-c3cccc4sc5ccccc5c34)cc2)cc1. The first-order chi connectivity index (χ1) is 55.0. The molecule has 0 aliphatic heterocycles. The number of benzene rings is 14. The summed E-state index contributed by atoms with van der Waals surface area (Å²) in [6.45, 7) is 0. The Hall–Kier alpha value is -13.9. The molecule has 22 rings (SSSR count). The molecule has 520 valence electrons. The van der Waals surface area contributed by atoms with Crippen molar-refractivity contribution in [1.82, 2.24) is 39.9 Å². The monoisotopic (exact) mass is 1470 g/mol. The summed E-state index contributed by atoms with van der Waals surface area (Å²) in [5, 5.41) is 7.90. The summed E-state index contributed by atoms with van der Waals surface area (Å²) in [6, 6.07) is 125. The first-order valence-electron chi connectivity index (χ1n) is 36.8. The van der Waals surface area contributed by atoms with Gasteiger partial charge in [-0.25, -0.2) is 34.9 Å². The number of thiophene rings is 3. The number of nitrogens with zero attached hydrogens (tertiary/aromatic N) is 8. The minimum absolute atomic E-state index is 0.655. The van der Waals surface area contributed by atoms with Gasteiger partial charge in [0.1, 0.15) is 11.0 Å². The number of aromatic nitrogens is 8. The van der Waals surface area contributed by atoms with Gasteiger partial charge in [0.05, 0.1) is 56.9 Å². The fourth-order valence-corrected chi connectivity index (χ4v) is 18.7. The van der Waals surface area contributed by atoms with E-state index in [1.54, 1.807) is 18.6 Å². The maximum Gasteiger partial charge on any atom is 0.178 e. The van der Waals surface area contributed by atoms with Gasteiger partial charge in [-0.3, -0.25) is 4.98 Å². The molecule has 0 atom stereocenters. The van der Waals surface area contributed by atoms with Crippen LogP contribution in [0.15, 0.2) is 377 Å². The van der Waals surface area contributed by atoms with Gasteiger partial charge in [0.15, 0.2) is 5.65 Å². The van der Waals surface area contributed by atoms with E-state index in [0.717, 1.165) is 95.1 Å². The molecule has 0 amide bonds. The minimum Gasteiger partial charge on any atom is -0.262 e. The molecule has 22 aromatic rings. The average Bonchev–Trinajstić information content (AvgIpc) is 1.57. The van der Waals surface area contributed by atoms with Crippen LogP contribution in [0.25, 0.3) is 206 Å². The molecule has 0 N–H and O–H groups in total. The summed E-state index contributed by atoms with van der Waals surface area (Å²) in [5.41, 5.74) is 26.3. The summed E-state index contributed by atoms with van der Waals surface area (Å²) in [4.78, 5) is 38.6. The van der Waals surface area contributed by atoms with Gasteiger partial charge in [-0.05, 0) is 105 Å². The lowest BCUT2D eigenvalue weighted by Gasteiger charge is -2.11. The van der Waals surface area contributed by atoms with Crippen molar-refractivity contribution in [1.29, 1.82) is 0 Å². The van der Waals surface area contributed by atoms with Crippen LogP contribution >= 0.6 is 34.0 Å². The average molecular weight is 1470 g/mol. The van der Waals surface area contributed by atoms with Gasteiger partial charge in [0.25, 0.3) is 0 Å². The third-order valence-electron chi connectivity index (χ3n) is 20.4. The molecule has 0 spiro atoms. The van der Waals surface area contributed by atoms with Gasteiger partial charge in [-0.15, -0.1) is 34.0 Å². The van der Waals surface area contributed by atoms with Crippen molar-refractivity contribution >= 4 is 128 Å². The number of fused-ring (bicyclic) bond motifs is 12. The van der Waals surface area contributed by atoms with Crippen molar-refractivity contribution in [3.8, 4) is 112 Å². The zero-order valence-corrected chi connectivity index (χ0v) is 62.0. The second-order valence-corrected chi connectivity index (χ2v) is 30.4. The van der Waals surface area contributed by atoms with E-state index in [1.165, 1.54) is 105 Å². The molecule has 0 aliphatic rings. The molecule has 0 fully saturated rings. The van der Waals surface area contributed by atoms with Gasteiger partial charge in [0.2, 0.25) is 0 Å². The molecule has 0 unspecified atom stereocenters. The normalized spacial score (nSPS) is 11.4. The molecule has 14 aromatic carbocycles. The van der Waals surface area contributed by atoms with Crippen molar-refractivity contribution in [2.45, 2.75) is 0 Å². The molecule has 0 radical (unpaired) electrons. The Morgan fingerprint density at radius 3 is 0.991 bits per heavy atom. The van der Waals surface area contributed by atoms with Crippen molar-refractivity contribution in [2.75, 3.05) is 0 Å². The fraction of sp³-hybridized carbons (Fsp3) is 0. The Bertz CT molecular complexity index is 6960. The van der Waals surface area contributed by atoms with Gasteiger partial charge >= 0.3 is 0 Å². The first kappa shape index (κ1) is 66.5. The number of hydrogen-bond donors (Lipinski definition) is 0. The number of hydrogen-bond acceptors (Lipinski definition) is 11. The molecule has 8 heterocycles. The Kier molecular flexibility index (Phi) is 17.4. The van der Waals surface area contributed by atoms with Crippen LogP contribution in [-0.4, -0.2) is 39.9 Å². The van der Waals surface area contributed by atoms with E-state index in [4.69, 9.17) is 29.9 Å². The van der Waals surface area contributed by atoms with Gasteiger partial charge < -0.3 is 0 Å². The topological polar surface area (TPSA) is 103 Å². The highest BCUT2D eigenvalue weighted by Gasteiger charge is 2.21. The Morgan fingerprint density at radius 1 is 0.189 bits per heavy atom. The number of pyridine rings is 2. The third-order valence-corrected chi connectivity index (χ3v) is 23.9. The largest absolute Gasteiger partial charge is 0.262 e. The second kappa shape index (κ2) is 29.0. The van der Waals surface area contributed by atoms with Crippen LogP contribution in [0.3, 0.4) is 0 Å². The maximum atomic E-state index is 5.08. The van der Waals surface area contributed by atoms with Crippen LogP contribution in [0.1, 0.15) is 0 Å². The summed E-state index contributed by atoms with van der Waals surface area (Å²) in [6.07, 6.45) is 5.29. The fourth-order valence-electron chi connectivity index (χ4n) is 15.2. The molecule has 0 bridgehead atoms. The van der Waals surface area contributed by atoms with Crippen LogP contribution in [0, 0.1) is 0 Å². The lowest BCUT2D eigenvalue weighted by molar-refractivity contribution is 1.23. The smallest absolute Gasteiger partial charge is 0.178 e. The molecule has 11 heteroatoms. The van der Waals surface area contributed by atoms with Crippen molar-refractivity contribution in [2.24, 2.45) is 0 Å². The van der Waals surface area contributed by atoms with Crippen molar-refractivity contribution in [3.05, 3.63) is 377 Å². The zero-order valence-electron chi connectivity index (χ0n) is 59.6. The second-order valence-electron chi connectivity index (χ2n) is 27.2. The van der Waals surface area contributed by atoms with Gasteiger partial charge in [-0.1, -0.05) is 297 Å². The van der Waals surface area contributed by atoms with Crippen LogP contribution in [0.5, 0.6) is 0 Å². The lowest BCUT2D eigenvalue weighted by Crippen LogP contribution is -1.96. The van der Waals surface area contributed by atoms with E-state index in [0.29, 0.717) is 5.65 Å². The minimum atomic E-state index is 0.655. The van der Waals surface area contributed by atoms with Gasteiger partial charge in [-0.2, -0.15) is 0 Å². The zero-order chi connectivity index (χ0) is 73.6. The highest BCUT2D eigenvalue weighted by Crippen LogP contribution is 2.47. The van der Waals surface area contributed by atoms with Crippen LogP contribution in [0.4, 0.5) is 0 Å². The molecule has 0 aliphatic carbocycles. The van der Waals surface area contributed by atoms with E-state index in [-0.39, 0.29) is 0 Å². The summed E-state index contributed by atoms with van der Waals surface area (Å²) in [5.74, 6) is 0. The Labute approximate surface area is 651 Å². The standard InChI is InChI=1S/C38H24N2S.2C31H19N3S/c1-3-11-25(12-4-1)29-15-10-20-34-35(29)31-17-9-16-30(38(31)41-34)26-21-23-28(24-22-26)37-36(27-13-5-2-6-14-27)39-32-18-7-8-19-33(32)40-37;1-2-8-21(9-3-1)30-29(33-25-12-7-19-32-31(25)34-30)22-17-15-20(16-18-22)23-11-6-14-27-28(23)24-10-4-5-13-26(24)35-27;1-2-7-21(8-3-1)30-31(33-25-17-18-32-19-26(25)34-30)22-15-13-20(14-16-22)23-10-6-12-28-29(23)24-9-4-5-11-27(24)35-28/h1-24H;2*1-19H. The molecule has 0 saturated heterocycles.